The molecule has 14 heteroatoms. The van der Waals surface area contributed by atoms with Crippen molar-refractivity contribution in [1.29, 1.82) is 0 Å². The van der Waals surface area contributed by atoms with Crippen LogP contribution in [0.5, 0.6) is 0 Å². The van der Waals surface area contributed by atoms with Gasteiger partial charge in [-0.2, -0.15) is 13.2 Å². The molecule has 3 saturated heterocycles. The highest BCUT2D eigenvalue weighted by molar-refractivity contribution is 7.98. The largest absolute Gasteiger partial charge is 0.416 e. The quantitative estimate of drug-likeness (QED) is 0.281. The smallest absolute Gasteiger partial charge is 0.378 e. The van der Waals surface area contributed by atoms with E-state index in [1.807, 2.05) is 22.1 Å². The fourth-order valence-electron chi connectivity index (χ4n) is 5.97. The third kappa shape index (κ3) is 7.96. The Morgan fingerprint density at radius 3 is 2.17 bits per heavy atom. The van der Waals surface area contributed by atoms with Crippen LogP contribution in [0.25, 0.3) is 0 Å². The SMILES string of the molecule is CSc1nc(Nc2ccc(N3CCOCC3)cc2)cc(N2CCN(CC(=O)N3CCN(c4cccc(C(F)(F)F)c4)CC3)CC2)n1. The van der Waals surface area contributed by atoms with E-state index in [2.05, 4.69) is 49.3 Å². The Kier molecular flexibility index (Phi) is 10.0. The van der Waals surface area contributed by atoms with Crippen LogP contribution in [0.3, 0.4) is 0 Å². The van der Waals surface area contributed by atoms with Gasteiger partial charge in [0, 0.05) is 88.6 Å². The van der Waals surface area contributed by atoms with Gasteiger partial charge in [-0.1, -0.05) is 17.8 Å². The van der Waals surface area contributed by atoms with Crippen LogP contribution in [0.2, 0.25) is 0 Å². The maximum Gasteiger partial charge on any atom is 0.416 e. The van der Waals surface area contributed by atoms with Crippen LogP contribution in [-0.2, 0) is 15.7 Å². The molecule has 2 aromatic carbocycles. The number of morpholine rings is 1. The molecule has 1 N–H and O–H groups in total. The first-order valence-electron chi connectivity index (χ1n) is 15.6. The summed E-state index contributed by atoms with van der Waals surface area (Å²) in [5.74, 6) is 1.63. The summed E-state index contributed by atoms with van der Waals surface area (Å²) >= 11 is 1.50. The molecule has 1 aromatic heterocycles. The van der Waals surface area contributed by atoms with Crippen LogP contribution >= 0.6 is 11.8 Å². The van der Waals surface area contributed by atoms with Crippen LogP contribution < -0.4 is 20.0 Å². The molecular formula is C32H39F3N8O2S. The minimum absolute atomic E-state index is 0.0509. The van der Waals surface area contributed by atoms with Crippen molar-refractivity contribution in [2.24, 2.45) is 0 Å². The first-order valence-corrected chi connectivity index (χ1v) is 16.8. The van der Waals surface area contributed by atoms with Crippen LogP contribution in [0, 0.1) is 0 Å². The van der Waals surface area contributed by atoms with Crippen molar-refractivity contribution >= 4 is 46.4 Å². The molecule has 3 aromatic rings. The number of aromatic nitrogens is 2. The Bertz CT molecular complexity index is 1470. The summed E-state index contributed by atoms with van der Waals surface area (Å²) in [6.45, 7) is 8.49. The molecule has 0 bridgehead atoms. The molecule has 10 nitrogen and oxygen atoms in total. The zero-order valence-electron chi connectivity index (χ0n) is 25.9. The number of ether oxygens (including phenoxy) is 1. The number of hydrogen-bond donors (Lipinski definition) is 1. The lowest BCUT2D eigenvalue weighted by molar-refractivity contribution is -0.137. The van der Waals surface area contributed by atoms with Gasteiger partial charge >= 0.3 is 6.18 Å². The molecule has 0 saturated carbocycles. The van der Waals surface area contributed by atoms with Gasteiger partial charge in [0.1, 0.15) is 11.6 Å². The van der Waals surface area contributed by atoms with Crippen molar-refractivity contribution in [3.05, 3.63) is 60.2 Å². The second-order valence-corrected chi connectivity index (χ2v) is 12.3. The molecule has 0 aliphatic carbocycles. The van der Waals surface area contributed by atoms with E-state index in [-0.39, 0.29) is 5.91 Å². The van der Waals surface area contributed by atoms with Gasteiger partial charge in [0.25, 0.3) is 0 Å². The topological polar surface area (TPSA) is 80.3 Å². The van der Waals surface area contributed by atoms with Crippen LogP contribution in [-0.4, -0.2) is 117 Å². The van der Waals surface area contributed by atoms with Gasteiger partial charge in [-0.15, -0.1) is 0 Å². The van der Waals surface area contributed by atoms with E-state index in [0.29, 0.717) is 43.6 Å². The number of hydrogen-bond acceptors (Lipinski definition) is 10. The van der Waals surface area contributed by atoms with Crippen molar-refractivity contribution in [2.75, 3.05) is 111 Å². The number of anilines is 5. The number of rotatable bonds is 8. The maximum absolute atomic E-state index is 13.1. The summed E-state index contributed by atoms with van der Waals surface area (Å²) in [6.07, 6.45) is -2.42. The van der Waals surface area contributed by atoms with Gasteiger partial charge < -0.3 is 29.7 Å². The fraction of sp³-hybridized carbons (Fsp3) is 0.469. The summed E-state index contributed by atoms with van der Waals surface area (Å²) in [6, 6.07) is 15.7. The van der Waals surface area contributed by atoms with E-state index < -0.39 is 11.7 Å². The standard InChI is InChI=1S/C32H39F3N8O2S/c1-46-31-37-28(36-25-5-7-26(8-6-25)41-17-19-45-20-18-41)22-29(38-31)42-11-9-39(10-12-42)23-30(44)43-15-13-40(14-16-43)27-4-2-3-24(21-27)32(33,34)35/h2-8,21-22H,9-20,23H2,1H3,(H,36,37,38). The van der Waals surface area contributed by atoms with Gasteiger partial charge in [-0.25, -0.2) is 9.97 Å². The van der Waals surface area contributed by atoms with Crippen molar-refractivity contribution < 1.29 is 22.7 Å². The molecule has 3 fully saturated rings. The number of nitrogens with one attached hydrogen (secondary N) is 1. The van der Waals surface area contributed by atoms with Crippen LogP contribution in [0.4, 0.5) is 41.9 Å². The number of benzene rings is 2. The normalized spacial score (nSPS) is 18.2. The van der Waals surface area contributed by atoms with Crippen molar-refractivity contribution in [3.8, 4) is 0 Å². The lowest BCUT2D eigenvalue weighted by Gasteiger charge is -2.39. The summed E-state index contributed by atoms with van der Waals surface area (Å²) < 4.78 is 44.9. The summed E-state index contributed by atoms with van der Waals surface area (Å²) in [7, 11) is 0. The Morgan fingerprint density at radius 1 is 0.826 bits per heavy atom. The molecule has 0 spiro atoms. The molecule has 246 valence electrons. The van der Waals surface area contributed by atoms with E-state index in [1.165, 1.54) is 29.6 Å². The number of alkyl halides is 3. The van der Waals surface area contributed by atoms with Crippen molar-refractivity contribution in [2.45, 2.75) is 11.3 Å². The predicted molar refractivity (Wildman–Crippen MR) is 175 cm³/mol. The zero-order valence-corrected chi connectivity index (χ0v) is 26.7. The molecule has 1 amide bonds. The lowest BCUT2D eigenvalue weighted by Crippen LogP contribution is -2.54. The molecule has 3 aliphatic rings. The van der Waals surface area contributed by atoms with Gasteiger partial charge in [0.15, 0.2) is 5.16 Å². The minimum Gasteiger partial charge on any atom is -0.378 e. The summed E-state index contributed by atoms with van der Waals surface area (Å²) in [4.78, 5) is 33.0. The van der Waals surface area contributed by atoms with E-state index >= 15 is 0 Å². The highest BCUT2D eigenvalue weighted by Gasteiger charge is 2.31. The minimum atomic E-state index is -4.38. The molecule has 0 atom stereocenters. The first-order chi connectivity index (χ1) is 22.2. The zero-order chi connectivity index (χ0) is 32.1. The molecular weight excluding hydrogens is 617 g/mol. The van der Waals surface area contributed by atoms with Gasteiger partial charge in [-0.05, 0) is 48.7 Å². The molecule has 3 aliphatic heterocycles. The lowest BCUT2D eigenvalue weighted by atomic mass is 10.1. The number of carbonyl (C=O) groups excluding carboxylic acids is 1. The number of amides is 1. The van der Waals surface area contributed by atoms with E-state index in [0.717, 1.165) is 75.9 Å². The van der Waals surface area contributed by atoms with Crippen LogP contribution in [0.1, 0.15) is 5.56 Å². The number of halogens is 3. The third-order valence-electron chi connectivity index (χ3n) is 8.62. The third-order valence-corrected chi connectivity index (χ3v) is 9.16. The number of nitrogens with zero attached hydrogens (tertiary/aromatic N) is 7. The number of piperazine rings is 2. The van der Waals surface area contributed by atoms with Crippen LogP contribution in [0.15, 0.2) is 59.8 Å². The van der Waals surface area contributed by atoms with Gasteiger partial charge in [0.05, 0.1) is 25.3 Å². The molecule has 6 rings (SSSR count). The second-order valence-electron chi connectivity index (χ2n) is 11.5. The van der Waals surface area contributed by atoms with E-state index in [1.54, 1.807) is 6.07 Å². The molecule has 46 heavy (non-hydrogen) atoms. The van der Waals surface area contributed by atoms with E-state index in [9.17, 15) is 18.0 Å². The highest BCUT2D eigenvalue weighted by Crippen LogP contribution is 2.32. The Labute approximate surface area is 271 Å². The maximum atomic E-state index is 13.1. The fourth-order valence-corrected chi connectivity index (χ4v) is 6.35. The Hall–Kier alpha value is -3.75. The first kappa shape index (κ1) is 32.2. The molecule has 0 radical (unpaired) electrons. The molecule has 0 unspecified atom stereocenters. The molecule has 4 heterocycles. The van der Waals surface area contributed by atoms with Gasteiger partial charge in [0.2, 0.25) is 5.91 Å². The Balaban J connectivity index is 0.993. The predicted octanol–water partition coefficient (Wildman–Crippen LogP) is 4.27. The van der Waals surface area contributed by atoms with Gasteiger partial charge in [-0.3, -0.25) is 9.69 Å². The average Bonchev–Trinajstić information content (AvgIpc) is 3.09. The summed E-state index contributed by atoms with van der Waals surface area (Å²) in [5, 5.41) is 4.12. The Morgan fingerprint density at radius 2 is 1.50 bits per heavy atom. The van der Waals surface area contributed by atoms with Crippen molar-refractivity contribution in [3.63, 3.8) is 0 Å². The second kappa shape index (κ2) is 14.3. The van der Waals surface area contributed by atoms with E-state index in [4.69, 9.17) is 9.72 Å². The number of carbonyl (C=O) groups is 1. The monoisotopic (exact) mass is 656 g/mol. The summed E-state index contributed by atoms with van der Waals surface area (Å²) in [5.41, 5.74) is 2.01. The van der Waals surface area contributed by atoms with Crippen molar-refractivity contribution in [1.82, 2.24) is 19.8 Å². The highest BCUT2D eigenvalue weighted by atomic mass is 32.2. The number of thioether (sulfide) groups is 1. The average molecular weight is 657 g/mol.